The van der Waals surface area contributed by atoms with E-state index < -0.39 is 0 Å². The maximum atomic E-state index is 12.2. The smallest absolute Gasteiger partial charge is 0.170 e. The van der Waals surface area contributed by atoms with Gasteiger partial charge in [0.05, 0.1) is 19.3 Å². The molecule has 0 bridgehead atoms. The summed E-state index contributed by atoms with van der Waals surface area (Å²) in [7, 11) is 0. The minimum absolute atomic E-state index is 0.0160. The number of carbonyl (C=O) groups excluding carboxylic acids is 1. The molecule has 5 nitrogen and oxygen atoms in total. The molecule has 37 heavy (non-hydrogen) atoms. The quantitative estimate of drug-likeness (QED) is 0.608. The Morgan fingerprint density at radius 2 is 1.76 bits per heavy atom. The van der Waals surface area contributed by atoms with Crippen LogP contribution in [0.25, 0.3) is 0 Å². The molecule has 6 aliphatic rings. The van der Waals surface area contributed by atoms with Crippen molar-refractivity contribution in [2.45, 2.75) is 89.1 Å². The number of hydrogen-bond donors (Lipinski definition) is 1. The summed E-state index contributed by atoms with van der Waals surface area (Å²) in [5, 5.41) is 11.1. The molecule has 1 aromatic carbocycles. The number of ether oxygens (including phenoxy) is 2. The first-order valence-electron chi connectivity index (χ1n) is 14.7. The summed E-state index contributed by atoms with van der Waals surface area (Å²) in [5.41, 5.74) is 7.15. The molecule has 1 spiro atoms. The molecular formula is C32H41NO4. The third-order valence-corrected chi connectivity index (χ3v) is 10.9. The number of piperidine rings is 1. The molecule has 5 atom stereocenters. The first-order chi connectivity index (χ1) is 17.9. The molecule has 1 aromatic rings. The van der Waals surface area contributed by atoms with Crippen molar-refractivity contribution < 1.29 is 19.4 Å². The monoisotopic (exact) mass is 503 g/mol. The van der Waals surface area contributed by atoms with Gasteiger partial charge in [0.1, 0.15) is 0 Å². The van der Waals surface area contributed by atoms with Crippen LogP contribution in [0.15, 0.2) is 47.1 Å². The highest BCUT2D eigenvalue weighted by Crippen LogP contribution is 2.63. The van der Waals surface area contributed by atoms with Gasteiger partial charge < -0.3 is 14.6 Å². The lowest BCUT2D eigenvalue weighted by atomic mass is 9.53. The average Bonchev–Trinajstić information content (AvgIpc) is 3.49. The van der Waals surface area contributed by atoms with Gasteiger partial charge in [0.15, 0.2) is 11.6 Å². The Morgan fingerprint density at radius 1 is 1.00 bits per heavy atom. The fourth-order valence-electron chi connectivity index (χ4n) is 8.88. The van der Waals surface area contributed by atoms with E-state index in [4.69, 9.17) is 9.47 Å². The van der Waals surface area contributed by atoms with E-state index in [1.807, 2.05) is 6.08 Å². The predicted molar refractivity (Wildman–Crippen MR) is 142 cm³/mol. The number of rotatable bonds is 3. The van der Waals surface area contributed by atoms with Crippen LogP contribution in [-0.2, 0) is 20.8 Å². The first-order valence-corrected chi connectivity index (χ1v) is 14.7. The highest BCUT2D eigenvalue weighted by atomic mass is 16.7. The van der Waals surface area contributed by atoms with Gasteiger partial charge >= 0.3 is 0 Å². The zero-order valence-corrected chi connectivity index (χ0v) is 22.2. The van der Waals surface area contributed by atoms with Crippen molar-refractivity contribution in [1.29, 1.82) is 0 Å². The lowest BCUT2D eigenvalue weighted by molar-refractivity contribution is -0.185. The summed E-state index contributed by atoms with van der Waals surface area (Å²) < 4.78 is 11.8. The van der Waals surface area contributed by atoms with Crippen LogP contribution >= 0.6 is 0 Å². The number of likely N-dealkylation sites (tertiary alicyclic amines) is 1. The van der Waals surface area contributed by atoms with Crippen LogP contribution < -0.4 is 0 Å². The van der Waals surface area contributed by atoms with Crippen molar-refractivity contribution >= 4 is 5.78 Å². The number of aliphatic hydroxyl groups excluding tert-OH is 1. The standard InChI is InChI=1S/C32H41NO4/c1-31-19-27(22-4-2-21(3-5-22)20-33-14-12-32(13-15-33)36-16-17-37-32)30-25-9-7-24(34)18-23(25)6-8-26(30)28(31)10-11-29(31)35/h2-5,18,26-29,35H,6-17,19-20H2,1H3. The van der Waals surface area contributed by atoms with Crippen molar-refractivity contribution in [3.8, 4) is 0 Å². The molecule has 2 heterocycles. The topological polar surface area (TPSA) is 59.0 Å². The summed E-state index contributed by atoms with van der Waals surface area (Å²) in [6.45, 7) is 6.79. The molecule has 5 unspecified atom stereocenters. The van der Waals surface area contributed by atoms with E-state index in [1.165, 1.54) is 22.3 Å². The Morgan fingerprint density at radius 3 is 2.51 bits per heavy atom. The minimum Gasteiger partial charge on any atom is -0.393 e. The largest absolute Gasteiger partial charge is 0.393 e. The van der Waals surface area contributed by atoms with Gasteiger partial charge in [-0.3, -0.25) is 9.69 Å². The van der Waals surface area contributed by atoms with Crippen LogP contribution in [-0.4, -0.2) is 54.0 Å². The highest BCUT2D eigenvalue weighted by Gasteiger charge is 2.56. The fourth-order valence-corrected chi connectivity index (χ4v) is 8.88. The van der Waals surface area contributed by atoms with Gasteiger partial charge in [0.2, 0.25) is 0 Å². The molecule has 2 aliphatic heterocycles. The zero-order chi connectivity index (χ0) is 25.2. The van der Waals surface area contributed by atoms with Gasteiger partial charge in [-0.2, -0.15) is 0 Å². The van der Waals surface area contributed by atoms with Gasteiger partial charge in [-0.1, -0.05) is 36.8 Å². The Kier molecular flexibility index (Phi) is 6.00. The fraction of sp³-hybridized carbons (Fsp3) is 0.656. The number of carbonyl (C=O) groups is 1. The van der Waals surface area contributed by atoms with Crippen LogP contribution in [0.3, 0.4) is 0 Å². The van der Waals surface area contributed by atoms with Crippen LogP contribution in [0, 0.1) is 17.3 Å². The maximum absolute atomic E-state index is 12.2. The maximum Gasteiger partial charge on any atom is 0.170 e. The van der Waals surface area contributed by atoms with Crippen molar-refractivity contribution in [2.24, 2.45) is 17.3 Å². The number of ketones is 1. The van der Waals surface area contributed by atoms with Crippen LogP contribution in [0.1, 0.15) is 81.8 Å². The number of benzene rings is 1. The number of aliphatic hydroxyl groups is 1. The van der Waals surface area contributed by atoms with E-state index in [0.29, 0.717) is 30.0 Å². The van der Waals surface area contributed by atoms with Gasteiger partial charge in [-0.05, 0) is 84.1 Å². The molecule has 1 N–H and O–H groups in total. The zero-order valence-electron chi connectivity index (χ0n) is 22.2. The van der Waals surface area contributed by atoms with E-state index in [1.54, 1.807) is 5.57 Å². The molecule has 4 fully saturated rings. The molecule has 7 rings (SSSR count). The third kappa shape index (κ3) is 4.09. The lowest BCUT2D eigenvalue weighted by Gasteiger charge is -2.52. The molecule has 198 valence electrons. The lowest BCUT2D eigenvalue weighted by Crippen LogP contribution is -2.45. The van der Waals surface area contributed by atoms with Crippen molar-refractivity contribution in [2.75, 3.05) is 26.3 Å². The van der Waals surface area contributed by atoms with Crippen LogP contribution in [0.2, 0.25) is 0 Å². The number of hydrogen-bond acceptors (Lipinski definition) is 5. The van der Waals surface area contributed by atoms with Crippen LogP contribution in [0.4, 0.5) is 0 Å². The Bertz CT molecular complexity index is 1120. The summed E-state index contributed by atoms with van der Waals surface area (Å²) in [4.78, 5) is 14.7. The number of fused-ring (bicyclic) bond motifs is 4. The highest BCUT2D eigenvalue weighted by molar-refractivity contribution is 5.93. The van der Waals surface area contributed by atoms with Gasteiger partial charge in [-0.25, -0.2) is 0 Å². The second-order valence-electron chi connectivity index (χ2n) is 12.8. The molecule has 0 radical (unpaired) electrons. The second kappa shape index (κ2) is 9.15. The van der Waals surface area contributed by atoms with E-state index in [0.717, 1.165) is 84.2 Å². The first kappa shape index (κ1) is 24.3. The Labute approximate surface area is 220 Å². The molecule has 0 amide bonds. The van der Waals surface area contributed by atoms with Crippen molar-refractivity contribution in [1.82, 2.24) is 4.90 Å². The third-order valence-electron chi connectivity index (χ3n) is 10.9. The molecule has 2 saturated heterocycles. The van der Waals surface area contributed by atoms with Gasteiger partial charge in [0.25, 0.3) is 0 Å². The molecule has 2 saturated carbocycles. The van der Waals surface area contributed by atoms with E-state index in [9.17, 15) is 9.90 Å². The van der Waals surface area contributed by atoms with Gasteiger partial charge in [-0.15, -0.1) is 0 Å². The Hall–Kier alpha value is -1.79. The second-order valence-corrected chi connectivity index (χ2v) is 12.8. The average molecular weight is 504 g/mol. The Balaban J connectivity index is 1.15. The molecule has 4 aliphatic carbocycles. The molecule has 0 aromatic heterocycles. The summed E-state index contributed by atoms with van der Waals surface area (Å²) in [6.07, 6.45) is 10.4. The predicted octanol–water partition coefficient (Wildman–Crippen LogP) is 5.29. The minimum atomic E-state index is -0.317. The van der Waals surface area contributed by atoms with E-state index in [2.05, 4.69) is 36.1 Å². The van der Waals surface area contributed by atoms with Crippen LogP contribution in [0.5, 0.6) is 0 Å². The molecule has 5 heteroatoms. The summed E-state index contributed by atoms with van der Waals surface area (Å²) in [6, 6.07) is 9.37. The summed E-state index contributed by atoms with van der Waals surface area (Å²) >= 11 is 0. The number of allylic oxidation sites excluding steroid dienone is 4. The molecular weight excluding hydrogens is 462 g/mol. The van der Waals surface area contributed by atoms with E-state index >= 15 is 0 Å². The summed E-state index contributed by atoms with van der Waals surface area (Å²) in [5.74, 6) is 1.43. The normalized spacial score (nSPS) is 37.4. The SMILES string of the molecule is CC12CC(c3ccc(CN4CCC5(CC4)OCCO5)cc3)C3=C4CCC(=O)C=C4CCC3C1CCC2O. The van der Waals surface area contributed by atoms with E-state index in [-0.39, 0.29) is 17.3 Å². The van der Waals surface area contributed by atoms with Crippen molar-refractivity contribution in [3.63, 3.8) is 0 Å². The van der Waals surface area contributed by atoms with Gasteiger partial charge in [0, 0.05) is 44.8 Å². The number of nitrogens with zero attached hydrogens (tertiary/aromatic N) is 1. The van der Waals surface area contributed by atoms with Crippen molar-refractivity contribution in [3.05, 3.63) is 58.2 Å².